The molecule has 3 atom stereocenters. The highest BCUT2D eigenvalue weighted by Crippen LogP contribution is 2.38. The summed E-state index contributed by atoms with van der Waals surface area (Å²) >= 11 is 0. The van der Waals surface area contributed by atoms with E-state index in [1.54, 1.807) is 30.3 Å². The van der Waals surface area contributed by atoms with Gasteiger partial charge in [0.15, 0.2) is 6.10 Å². The standard InChI is InChI=1S/C22H19F6N3O3/c23-21(24,25)17-9-16(7-6-14(17)10-29)31-11-15(8-18(31)19(32)22(26,27)28)30-20(33)34-12-13-4-2-1-3-5-13/h1-7,9,15,18-19,32H,8,11-12H2,(H,30,33)/t15?,18-,19+/m1/s1. The lowest BCUT2D eigenvalue weighted by Gasteiger charge is -2.31. The van der Waals surface area contributed by atoms with Crippen LogP contribution in [0.1, 0.15) is 23.1 Å². The first-order valence-corrected chi connectivity index (χ1v) is 10.00. The van der Waals surface area contributed by atoms with Crippen molar-refractivity contribution in [1.29, 1.82) is 5.26 Å². The van der Waals surface area contributed by atoms with Crippen LogP contribution in [0.3, 0.4) is 0 Å². The molecule has 2 aromatic rings. The monoisotopic (exact) mass is 487 g/mol. The SMILES string of the molecule is N#Cc1ccc(N2CC(NC(=O)OCc3ccccc3)C[C@@H]2[C@H](O)C(F)(F)F)cc1C(F)(F)F. The Morgan fingerprint density at radius 2 is 1.85 bits per heavy atom. The smallest absolute Gasteiger partial charge is 0.417 e. The van der Waals surface area contributed by atoms with E-state index in [9.17, 15) is 36.2 Å². The Hall–Kier alpha value is -3.46. The quantitative estimate of drug-likeness (QED) is 0.612. The normalized spacial score (nSPS) is 19.4. The molecule has 0 spiro atoms. The highest BCUT2D eigenvalue weighted by molar-refractivity contribution is 5.68. The van der Waals surface area contributed by atoms with E-state index >= 15 is 0 Å². The van der Waals surface area contributed by atoms with E-state index in [2.05, 4.69) is 5.32 Å². The molecule has 3 rings (SSSR count). The fourth-order valence-corrected chi connectivity index (χ4v) is 3.76. The molecule has 1 unspecified atom stereocenters. The maximum Gasteiger partial charge on any atom is 0.417 e. The fraction of sp³-hybridized carbons (Fsp3) is 0.364. The van der Waals surface area contributed by atoms with Crippen LogP contribution >= 0.6 is 0 Å². The van der Waals surface area contributed by atoms with Gasteiger partial charge in [-0.25, -0.2) is 4.79 Å². The number of benzene rings is 2. The number of carbonyl (C=O) groups excluding carboxylic acids is 1. The third-order valence-corrected chi connectivity index (χ3v) is 5.34. The Morgan fingerprint density at radius 1 is 1.18 bits per heavy atom. The van der Waals surface area contributed by atoms with Crippen LogP contribution in [0.5, 0.6) is 0 Å². The van der Waals surface area contributed by atoms with Gasteiger partial charge in [0, 0.05) is 12.2 Å². The number of nitrogens with zero attached hydrogens (tertiary/aromatic N) is 2. The number of halogens is 6. The van der Waals surface area contributed by atoms with E-state index in [1.165, 1.54) is 6.07 Å². The molecule has 0 radical (unpaired) electrons. The van der Waals surface area contributed by atoms with Crippen molar-refractivity contribution >= 4 is 11.8 Å². The summed E-state index contributed by atoms with van der Waals surface area (Å²) in [5, 5.41) is 21.2. The van der Waals surface area contributed by atoms with Crippen molar-refractivity contribution in [2.45, 2.75) is 43.6 Å². The highest BCUT2D eigenvalue weighted by Gasteiger charge is 2.50. The Bertz CT molecular complexity index is 1050. The minimum absolute atomic E-state index is 0.0950. The number of hydrogen-bond acceptors (Lipinski definition) is 5. The van der Waals surface area contributed by atoms with Crippen LogP contribution in [-0.4, -0.2) is 42.1 Å². The zero-order chi connectivity index (χ0) is 25.1. The molecule has 1 fully saturated rings. The molecular weight excluding hydrogens is 468 g/mol. The van der Waals surface area contributed by atoms with Crippen molar-refractivity contribution in [3.05, 3.63) is 65.2 Å². The van der Waals surface area contributed by atoms with Crippen LogP contribution in [0.4, 0.5) is 36.8 Å². The van der Waals surface area contributed by atoms with E-state index in [0.717, 1.165) is 17.0 Å². The molecule has 0 saturated carbocycles. The lowest BCUT2D eigenvalue weighted by molar-refractivity contribution is -0.209. The Kier molecular flexibility index (Phi) is 7.26. The number of aliphatic hydroxyl groups excluding tert-OH is 1. The molecule has 2 aromatic carbocycles. The van der Waals surface area contributed by atoms with Crippen LogP contribution in [0.25, 0.3) is 0 Å². The molecule has 12 heteroatoms. The number of nitrogens with one attached hydrogen (secondary N) is 1. The second-order valence-corrected chi connectivity index (χ2v) is 7.68. The summed E-state index contributed by atoms with van der Waals surface area (Å²) in [6, 6.07) is 9.86. The minimum Gasteiger partial charge on any atom is -0.445 e. The summed E-state index contributed by atoms with van der Waals surface area (Å²) in [7, 11) is 0. The van der Waals surface area contributed by atoms with Crippen LogP contribution in [0.2, 0.25) is 0 Å². The predicted molar refractivity (Wildman–Crippen MR) is 108 cm³/mol. The van der Waals surface area contributed by atoms with E-state index in [1.807, 2.05) is 0 Å². The van der Waals surface area contributed by atoms with Gasteiger partial charge in [0.05, 0.1) is 29.3 Å². The summed E-state index contributed by atoms with van der Waals surface area (Å²) in [5.41, 5.74) is -1.61. The highest BCUT2D eigenvalue weighted by atomic mass is 19.4. The van der Waals surface area contributed by atoms with Crippen molar-refractivity contribution < 1.29 is 41.0 Å². The number of rotatable bonds is 5. The predicted octanol–water partition coefficient (Wildman–Crippen LogP) is 4.37. The van der Waals surface area contributed by atoms with Gasteiger partial charge in [-0.15, -0.1) is 0 Å². The van der Waals surface area contributed by atoms with Crippen molar-refractivity contribution in [3.8, 4) is 6.07 Å². The topological polar surface area (TPSA) is 85.6 Å². The fourth-order valence-electron chi connectivity index (χ4n) is 3.76. The van der Waals surface area contributed by atoms with Crippen molar-refractivity contribution in [2.24, 2.45) is 0 Å². The average molecular weight is 487 g/mol. The molecule has 34 heavy (non-hydrogen) atoms. The van der Waals surface area contributed by atoms with Gasteiger partial charge < -0.3 is 20.1 Å². The van der Waals surface area contributed by atoms with Crippen LogP contribution in [0, 0.1) is 11.3 Å². The summed E-state index contributed by atoms with van der Waals surface area (Å²) in [6.45, 7) is -0.413. The Labute approximate surface area is 190 Å². The van der Waals surface area contributed by atoms with Gasteiger partial charge >= 0.3 is 18.4 Å². The minimum atomic E-state index is -5.05. The number of amides is 1. The molecular formula is C22H19F6N3O3. The number of alkyl carbamates (subject to hydrolysis) is 1. The molecule has 182 valence electrons. The van der Waals surface area contributed by atoms with Gasteiger partial charge in [0.1, 0.15) is 6.61 Å². The van der Waals surface area contributed by atoms with Gasteiger partial charge in [-0.1, -0.05) is 30.3 Å². The Balaban J connectivity index is 1.81. The molecule has 1 amide bonds. The lowest BCUT2D eigenvalue weighted by atomic mass is 10.0. The summed E-state index contributed by atoms with van der Waals surface area (Å²) in [4.78, 5) is 13.1. The first-order chi connectivity index (χ1) is 15.9. The summed E-state index contributed by atoms with van der Waals surface area (Å²) in [5.74, 6) is 0. The van der Waals surface area contributed by atoms with Gasteiger partial charge in [-0.2, -0.15) is 31.6 Å². The maximum absolute atomic E-state index is 13.3. The van der Waals surface area contributed by atoms with Gasteiger partial charge in [-0.3, -0.25) is 0 Å². The van der Waals surface area contributed by atoms with Crippen LogP contribution in [-0.2, 0) is 17.5 Å². The zero-order valence-corrected chi connectivity index (χ0v) is 17.4. The second-order valence-electron chi connectivity index (χ2n) is 7.68. The molecule has 1 aliphatic heterocycles. The molecule has 6 nitrogen and oxygen atoms in total. The van der Waals surface area contributed by atoms with Gasteiger partial charge in [-0.05, 0) is 30.2 Å². The molecule has 1 saturated heterocycles. The van der Waals surface area contributed by atoms with E-state index in [0.29, 0.717) is 11.6 Å². The summed E-state index contributed by atoms with van der Waals surface area (Å²) < 4.78 is 84.9. The van der Waals surface area contributed by atoms with Gasteiger partial charge in [0.2, 0.25) is 0 Å². The number of hydrogen-bond donors (Lipinski definition) is 2. The van der Waals surface area contributed by atoms with E-state index in [-0.39, 0.29) is 18.8 Å². The summed E-state index contributed by atoms with van der Waals surface area (Å²) in [6.07, 6.45) is -14.2. The molecule has 1 aliphatic rings. The van der Waals surface area contributed by atoms with Crippen LogP contribution < -0.4 is 10.2 Å². The Morgan fingerprint density at radius 3 is 2.44 bits per heavy atom. The van der Waals surface area contributed by atoms with Crippen molar-refractivity contribution in [3.63, 3.8) is 0 Å². The third kappa shape index (κ3) is 5.91. The zero-order valence-electron chi connectivity index (χ0n) is 17.4. The van der Waals surface area contributed by atoms with Gasteiger partial charge in [0.25, 0.3) is 0 Å². The average Bonchev–Trinajstić information content (AvgIpc) is 3.19. The van der Waals surface area contributed by atoms with Crippen molar-refractivity contribution in [2.75, 3.05) is 11.4 Å². The number of anilines is 1. The molecule has 0 bridgehead atoms. The van der Waals surface area contributed by atoms with E-state index < -0.39 is 54.2 Å². The lowest BCUT2D eigenvalue weighted by Crippen LogP contribution is -2.47. The number of carbonyl (C=O) groups is 1. The first kappa shape index (κ1) is 25.2. The molecule has 0 aliphatic carbocycles. The van der Waals surface area contributed by atoms with E-state index in [4.69, 9.17) is 10.00 Å². The number of alkyl halides is 6. The number of aliphatic hydroxyl groups is 1. The third-order valence-electron chi connectivity index (χ3n) is 5.34. The largest absolute Gasteiger partial charge is 0.445 e. The molecule has 2 N–H and O–H groups in total. The van der Waals surface area contributed by atoms with Crippen LogP contribution in [0.15, 0.2) is 48.5 Å². The molecule has 0 aromatic heterocycles. The van der Waals surface area contributed by atoms with Crippen molar-refractivity contribution in [1.82, 2.24) is 5.32 Å². The maximum atomic E-state index is 13.3. The second kappa shape index (κ2) is 9.80. The first-order valence-electron chi connectivity index (χ1n) is 10.00. The number of ether oxygens (including phenoxy) is 1. The number of nitriles is 1. The molecule has 1 heterocycles.